The summed E-state index contributed by atoms with van der Waals surface area (Å²) in [5.74, 6) is 0.554. The SMILES string of the molecule is O=C(O)CCCCN(Cc1ccc(C(=O)O)cc1)Cc1cccc(Oc2ccc(C3CCCCC3)cc2)c1. The third-order valence-electron chi connectivity index (χ3n) is 7.22. The van der Waals surface area contributed by atoms with Crippen LogP contribution in [0.3, 0.4) is 0 Å². The fraction of sp³-hybridized carbons (Fsp3) is 0.375. The average Bonchev–Trinajstić information content (AvgIpc) is 2.92. The summed E-state index contributed by atoms with van der Waals surface area (Å²) in [7, 11) is 0. The molecule has 200 valence electrons. The first-order valence-corrected chi connectivity index (χ1v) is 13.6. The number of carboxylic acids is 2. The van der Waals surface area contributed by atoms with Gasteiger partial charge in [-0.05, 0) is 91.2 Å². The molecule has 1 aliphatic rings. The molecule has 0 amide bonds. The lowest BCUT2D eigenvalue weighted by Gasteiger charge is -2.23. The predicted molar refractivity (Wildman–Crippen MR) is 148 cm³/mol. The number of carbonyl (C=O) groups is 2. The number of nitrogens with zero attached hydrogens (tertiary/aromatic N) is 1. The van der Waals surface area contributed by atoms with E-state index in [1.165, 1.54) is 37.7 Å². The van der Waals surface area contributed by atoms with Crippen LogP contribution >= 0.6 is 0 Å². The highest BCUT2D eigenvalue weighted by atomic mass is 16.5. The van der Waals surface area contributed by atoms with Crippen molar-refractivity contribution in [2.75, 3.05) is 6.54 Å². The van der Waals surface area contributed by atoms with Crippen LogP contribution in [0.5, 0.6) is 11.5 Å². The van der Waals surface area contributed by atoms with Crippen LogP contribution in [-0.4, -0.2) is 33.6 Å². The van der Waals surface area contributed by atoms with E-state index in [1.54, 1.807) is 12.1 Å². The number of hydrogen-bond donors (Lipinski definition) is 2. The highest BCUT2D eigenvalue weighted by Crippen LogP contribution is 2.34. The molecule has 0 spiro atoms. The van der Waals surface area contributed by atoms with E-state index < -0.39 is 11.9 Å². The Kier molecular flexibility index (Phi) is 9.93. The van der Waals surface area contributed by atoms with Gasteiger partial charge in [-0.1, -0.05) is 55.7 Å². The van der Waals surface area contributed by atoms with Gasteiger partial charge in [0.2, 0.25) is 0 Å². The fourth-order valence-electron chi connectivity index (χ4n) is 5.18. The summed E-state index contributed by atoms with van der Waals surface area (Å²) in [4.78, 5) is 24.4. The first-order chi connectivity index (χ1) is 18.5. The number of hydrogen-bond acceptors (Lipinski definition) is 4. The molecule has 0 heterocycles. The van der Waals surface area contributed by atoms with Gasteiger partial charge in [-0.25, -0.2) is 4.79 Å². The van der Waals surface area contributed by atoms with Gasteiger partial charge in [-0.15, -0.1) is 0 Å². The van der Waals surface area contributed by atoms with Crippen molar-refractivity contribution in [3.05, 3.63) is 95.1 Å². The first-order valence-electron chi connectivity index (χ1n) is 13.6. The maximum absolute atomic E-state index is 11.2. The molecule has 2 N–H and O–H groups in total. The van der Waals surface area contributed by atoms with E-state index in [0.717, 1.165) is 35.6 Å². The van der Waals surface area contributed by atoms with Crippen molar-refractivity contribution in [1.82, 2.24) is 4.90 Å². The van der Waals surface area contributed by atoms with Gasteiger partial charge in [0, 0.05) is 19.5 Å². The Balaban J connectivity index is 1.40. The minimum atomic E-state index is -0.942. The topological polar surface area (TPSA) is 87.1 Å². The van der Waals surface area contributed by atoms with Crippen LogP contribution < -0.4 is 4.74 Å². The second-order valence-electron chi connectivity index (χ2n) is 10.2. The lowest BCUT2D eigenvalue weighted by molar-refractivity contribution is -0.137. The van der Waals surface area contributed by atoms with Gasteiger partial charge in [0.15, 0.2) is 0 Å². The van der Waals surface area contributed by atoms with Crippen LogP contribution in [0.2, 0.25) is 0 Å². The van der Waals surface area contributed by atoms with E-state index >= 15 is 0 Å². The minimum Gasteiger partial charge on any atom is -0.481 e. The van der Waals surface area contributed by atoms with Crippen molar-refractivity contribution in [3.63, 3.8) is 0 Å². The first kappa shape index (κ1) is 27.4. The number of unbranched alkanes of at least 4 members (excludes halogenated alkanes) is 1. The Morgan fingerprint density at radius 3 is 2.18 bits per heavy atom. The van der Waals surface area contributed by atoms with E-state index in [0.29, 0.717) is 25.4 Å². The Morgan fingerprint density at radius 2 is 1.50 bits per heavy atom. The Labute approximate surface area is 224 Å². The van der Waals surface area contributed by atoms with Crippen molar-refractivity contribution in [2.45, 2.75) is 70.4 Å². The normalized spacial score (nSPS) is 13.9. The molecule has 0 unspecified atom stereocenters. The van der Waals surface area contributed by atoms with Crippen molar-refractivity contribution in [3.8, 4) is 11.5 Å². The summed E-state index contributed by atoms with van der Waals surface area (Å²) >= 11 is 0. The van der Waals surface area contributed by atoms with Gasteiger partial charge < -0.3 is 14.9 Å². The van der Waals surface area contributed by atoms with Gasteiger partial charge in [0.05, 0.1) is 5.56 Å². The monoisotopic (exact) mass is 515 g/mol. The molecule has 38 heavy (non-hydrogen) atoms. The predicted octanol–water partition coefficient (Wildman–Crippen LogP) is 7.48. The van der Waals surface area contributed by atoms with Crippen LogP contribution in [-0.2, 0) is 17.9 Å². The summed E-state index contributed by atoms with van der Waals surface area (Å²) in [6, 6.07) is 23.5. The zero-order valence-corrected chi connectivity index (χ0v) is 21.9. The molecule has 0 aliphatic heterocycles. The van der Waals surface area contributed by atoms with Gasteiger partial charge in [0.25, 0.3) is 0 Å². The number of ether oxygens (including phenoxy) is 1. The maximum Gasteiger partial charge on any atom is 0.335 e. The van der Waals surface area contributed by atoms with Crippen LogP contribution in [0, 0.1) is 0 Å². The molecule has 3 aromatic rings. The molecular weight excluding hydrogens is 478 g/mol. The summed E-state index contributed by atoms with van der Waals surface area (Å²) in [5.41, 5.74) is 3.78. The Hall–Kier alpha value is -3.64. The highest BCUT2D eigenvalue weighted by molar-refractivity contribution is 5.87. The maximum atomic E-state index is 11.2. The molecule has 0 aromatic heterocycles. The molecule has 0 saturated heterocycles. The molecule has 6 heteroatoms. The second-order valence-corrected chi connectivity index (χ2v) is 10.2. The van der Waals surface area contributed by atoms with Crippen LogP contribution in [0.25, 0.3) is 0 Å². The number of carboxylic acid groups (broad SMARTS) is 2. The molecule has 6 nitrogen and oxygen atoms in total. The molecule has 3 aromatic carbocycles. The smallest absolute Gasteiger partial charge is 0.335 e. The van der Waals surface area contributed by atoms with Gasteiger partial charge in [-0.3, -0.25) is 9.69 Å². The molecule has 0 bridgehead atoms. The minimum absolute atomic E-state index is 0.157. The molecule has 1 fully saturated rings. The summed E-state index contributed by atoms with van der Waals surface area (Å²) in [6.45, 7) is 2.05. The van der Waals surface area contributed by atoms with Gasteiger partial charge in [-0.2, -0.15) is 0 Å². The van der Waals surface area contributed by atoms with E-state index in [9.17, 15) is 14.7 Å². The average molecular weight is 516 g/mol. The van der Waals surface area contributed by atoms with E-state index in [1.807, 2.05) is 30.3 Å². The molecule has 1 saturated carbocycles. The lowest BCUT2D eigenvalue weighted by atomic mass is 9.84. The summed E-state index contributed by atoms with van der Waals surface area (Å²) in [5, 5.41) is 18.2. The van der Waals surface area contributed by atoms with E-state index in [2.05, 4.69) is 35.2 Å². The zero-order valence-electron chi connectivity index (χ0n) is 21.9. The summed E-state index contributed by atoms with van der Waals surface area (Å²) in [6.07, 6.45) is 8.08. The molecule has 0 atom stereocenters. The van der Waals surface area contributed by atoms with Gasteiger partial charge in [0.1, 0.15) is 11.5 Å². The molecule has 4 rings (SSSR count). The Bertz CT molecular complexity index is 1180. The fourth-order valence-corrected chi connectivity index (χ4v) is 5.18. The summed E-state index contributed by atoms with van der Waals surface area (Å²) < 4.78 is 6.18. The zero-order chi connectivity index (χ0) is 26.7. The molecule has 0 radical (unpaired) electrons. The third-order valence-corrected chi connectivity index (χ3v) is 7.22. The second kappa shape index (κ2) is 13.8. The van der Waals surface area contributed by atoms with E-state index in [4.69, 9.17) is 9.84 Å². The van der Waals surface area contributed by atoms with Gasteiger partial charge >= 0.3 is 11.9 Å². The number of rotatable bonds is 13. The largest absolute Gasteiger partial charge is 0.481 e. The molecular formula is C32H37NO5. The number of aliphatic carboxylic acids is 1. The Morgan fingerprint density at radius 1 is 0.789 bits per heavy atom. The third kappa shape index (κ3) is 8.45. The van der Waals surface area contributed by atoms with Crippen LogP contribution in [0.4, 0.5) is 0 Å². The van der Waals surface area contributed by atoms with Crippen molar-refractivity contribution in [2.24, 2.45) is 0 Å². The highest BCUT2D eigenvalue weighted by Gasteiger charge is 2.15. The quantitative estimate of drug-likeness (QED) is 0.229. The van der Waals surface area contributed by atoms with Crippen molar-refractivity contribution < 1.29 is 24.5 Å². The standard InChI is InChI=1S/C32H37NO5/c34-31(35)11-4-5-20-33(22-24-12-14-28(15-13-24)32(36)37)23-25-7-6-10-30(21-25)38-29-18-16-27(17-19-29)26-8-2-1-3-9-26/h6-7,10,12-19,21,26H,1-5,8-9,11,20,22-23H2,(H,34,35)(H,36,37). The molecule has 1 aliphatic carbocycles. The van der Waals surface area contributed by atoms with Crippen molar-refractivity contribution >= 4 is 11.9 Å². The number of aromatic carboxylic acids is 1. The van der Waals surface area contributed by atoms with Crippen LogP contribution in [0.15, 0.2) is 72.8 Å². The van der Waals surface area contributed by atoms with E-state index in [-0.39, 0.29) is 12.0 Å². The van der Waals surface area contributed by atoms with Crippen LogP contribution in [0.1, 0.15) is 84.3 Å². The number of benzene rings is 3. The van der Waals surface area contributed by atoms with Crippen molar-refractivity contribution in [1.29, 1.82) is 0 Å². The lowest BCUT2D eigenvalue weighted by Crippen LogP contribution is -2.24.